The van der Waals surface area contributed by atoms with Crippen molar-refractivity contribution >= 4 is 22.4 Å². The SMILES string of the molecule is [2H]C1([2H])COCCN(C(=O)c2cc3c(cn2)c(C2=CCc4ccccc42)nn3CC(F)(F)F)C1. The number of allylic oxidation sites excluding steroid dienone is 1. The molecule has 0 N–H and O–H groups in total. The lowest BCUT2D eigenvalue weighted by atomic mass is 10.0. The number of carbonyl (C=O) groups is 1. The lowest BCUT2D eigenvalue weighted by Crippen LogP contribution is -2.33. The quantitative estimate of drug-likeness (QED) is 0.616. The van der Waals surface area contributed by atoms with Crippen LogP contribution in [0.4, 0.5) is 13.2 Å². The van der Waals surface area contributed by atoms with E-state index in [0.717, 1.165) is 21.4 Å². The largest absolute Gasteiger partial charge is 0.408 e. The Morgan fingerprint density at radius 3 is 2.91 bits per heavy atom. The topological polar surface area (TPSA) is 60.2 Å². The van der Waals surface area contributed by atoms with Crippen LogP contribution in [0.2, 0.25) is 0 Å². The molecule has 0 bridgehead atoms. The van der Waals surface area contributed by atoms with Crippen LogP contribution in [0.5, 0.6) is 0 Å². The van der Waals surface area contributed by atoms with Gasteiger partial charge in [-0.25, -0.2) is 0 Å². The van der Waals surface area contributed by atoms with Gasteiger partial charge in [0.2, 0.25) is 0 Å². The summed E-state index contributed by atoms with van der Waals surface area (Å²) in [4.78, 5) is 18.6. The molecule has 1 fully saturated rings. The number of carbonyl (C=O) groups excluding carboxylic acids is 1. The Hall–Kier alpha value is -3.20. The fourth-order valence-corrected chi connectivity index (χ4v) is 4.10. The number of rotatable bonds is 3. The number of nitrogens with zero attached hydrogens (tertiary/aromatic N) is 4. The molecule has 9 heteroatoms. The summed E-state index contributed by atoms with van der Waals surface area (Å²) >= 11 is 0. The summed E-state index contributed by atoms with van der Waals surface area (Å²) in [5.74, 6) is -0.567. The second-order valence-corrected chi connectivity index (χ2v) is 7.72. The number of ether oxygens (including phenoxy) is 1. The molecule has 3 aromatic rings. The Morgan fingerprint density at radius 2 is 2.06 bits per heavy atom. The van der Waals surface area contributed by atoms with Gasteiger partial charge in [-0.05, 0) is 30.0 Å². The molecule has 1 aliphatic heterocycles. The maximum absolute atomic E-state index is 13.4. The van der Waals surface area contributed by atoms with Crippen LogP contribution >= 0.6 is 0 Å². The van der Waals surface area contributed by atoms with Crippen molar-refractivity contribution in [3.05, 3.63) is 65.1 Å². The first kappa shape index (κ1) is 18.4. The van der Waals surface area contributed by atoms with Crippen molar-refractivity contribution in [2.45, 2.75) is 25.5 Å². The first-order chi connectivity index (χ1) is 16.1. The summed E-state index contributed by atoms with van der Waals surface area (Å²) in [5, 5.41) is 4.71. The molecule has 0 spiro atoms. The van der Waals surface area contributed by atoms with Crippen molar-refractivity contribution in [3.63, 3.8) is 0 Å². The van der Waals surface area contributed by atoms with E-state index in [4.69, 9.17) is 7.48 Å². The van der Waals surface area contributed by atoms with E-state index in [2.05, 4.69) is 10.1 Å². The van der Waals surface area contributed by atoms with Gasteiger partial charge in [-0.1, -0.05) is 30.3 Å². The van der Waals surface area contributed by atoms with Gasteiger partial charge >= 0.3 is 6.18 Å². The molecule has 1 aliphatic carbocycles. The molecule has 1 amide bonds. The molecular weight excluding hydrogens is 421 g/mol. The third-order valence-corrected chi connectivity index (χ3v) is 5.57. The van der Waals surface area contributed by atoms with Gasteiger partial charge in [-0.15, -0.1) is 0 Å². The minimum atomic E-state index is -4.51. The number of fused-ring (bicyclic) bond motifs is 2. The molecule has 0 atom stereocenters. The highest BCUT2D eigenvalue weighted by molar-refractivity contribution is 6.00. The Labute approximate surface area is 185 Å². The molecule has 5 rings (SSSR count). The highest BCUT2D eigenvalue weighted by Gasteiger charge is 2.31. The zero-order chi connectivity index (χ0) is 24.1. The first-order valence-electron chi connectivity index (χ1n) is 11.2. The highest BCUT2D eigenvalue weighted by Crippen LogP contribution is 2.36. The summed E-state index contributed by atoms with van der Waals surface area (Å²) in [5.41, 5.74) is 3.17. The first-order valence-corrected chi connectivity index (χ1v) is 10.2. The third kappa shape index (κ3) is 3.88. The van der Waals surface area contributed by atoms with Gasteiger partial charge in [-0.2, -0.15) is 18.3 Å². The second-order valence-electron chi connectivity index (χ2n) is 7.72. The average molecular weight is 444 g/mol. The number of benzene rings is 1. The number of alkyl halides is 3. The van der Waals surface area contributed by atoms with Crippen molar-refractivity contribution in [2.24, 2.45) is 0 Å². The average Bonchev–Trinajstić information content (AvgIpc) is 3.29. The molecule has 1 aromatic carbocycles. The molecule has 6 nitrogen and oxygen atoms in total. The van der Waals surface area contributed by atoms with Gasteiger partial charge in [0, 0.05) is 39.6 Å². The summed E-state index contributed by atoms with van der Waals surface area (Å²) in [6.45, 7) is -1.31. The lowest BCUT2D eigenvalue weighted by Gasteiger charge is -2.19. The lowest BCUT2D eigenvalue weighted by molar-refractivity contribution is -0.141. The van der Waals surface area contributed by atoms with Crippen molar-refractivity contribution in [1.82, 2.24) is 19.7 Å². The predicted molar refractivity (Wildman–Crippen MR) is 112 cm³/mol. The van der Waals surface area contributed by atoms with E-state index in [1.165, 1.54) is 17.2 Å². The molecule has 166 valence electrons. The number of pyridine rings is 1. The van der Waals surface area contributed by atoms with Crippen LogP contribution in [0.3, 0.4) is 0 Å². The Bertz CT molecular complexity index is 1300. The van der Waals surface area contributed by atoms with Crippen molar-refractivity contribution in [3.8, 4) is 0 Å². The highest BCUT2D eigenvalue weighted by atomic mass is 19.4. The second kappa shape index (κ2) is 8.05. The maximum atomic E-state index is 13.4. The number of halogens is 3. The van der Waals surface area contributed by atoms with Crippen LogP contribution in [0.1, 0.15) is 36.4 Å². The summed E-state index contributed by atoms with van der Waals surface area (Å²) in [6.07, 6.45) is -2.28. The fourth-order valence-electron chi connectivity index (χ4n) is 4.10. The Kier molecular flexibility index (Phi) is 4.62. The van der Waals surface area contributed by atoms with Crippen LogP contribution in [0.25, 0.3) is 16.5 Å². The van der Waals surface area contributed by atoms with Gasteiger partial charge in [-0.3, -0.25) is 14.5 Å². The molecule has 2 aromatic heterocycles. The Balaban J connectivity index is 1.57. The molecular formula is C23H21F3N4O2. The van der Waals surface area contributed by atoms with Crippen LogP contribution in [0.15, 0.2) is 42.6 Å². The standard InChI is InChI=1S/C23H21F3N4O2/c24-23(25,26)14-30-20-12-19(22(31)29-8-3-10-32-11-9-29)27-13-18(20)21(28-30)17-7-6-15-4-1-2-5-16(15)17/h1-2,4-5,7,12-13H,3,6,8-11,14H2/i3D2. The summed E-state index contributed by atoms with van der Waals surface area (Å²) in [7, 11) is 0. The van der Waals surface area contributed by atoms with E-state index in [1.807, 2.05) is 30.3 Å². The zero-order valence-electron chi connectivity index (χ0n) is 19.0. The maximum Gasteiger partial charge on any atom is 0.408 e. The minimum absolute atomic E-state index is 0.0686. The Morgan fingerprint density at radius 1 is 1.22 bits per heavy atom. The molecule has 0 saturated carbocycles. The third-order valence-electron chi connectivity index (χ3n) is 5.57. The molecule has 0 radical (unpaired) electrons. The van der Waals surface area contributed by atoms with E-state index in [1.54, 1.807) is 0 Å². The summed E-state index contributed by atoms with van der Waals surface area (Å²) in [6, 6.07) is 8.95. The van der Waals surface area contributed by atoms with Crippen LogP contribution in [-0.4, -0.2) is 58.1 Å². The van der Waals surface area contributed by atoms with Crippen molar-refractivity contribution in [1.29, 1.82) is 0 Å². The van der Waals surface area contributed by atoms with Crippen LogP contribution in [0, 0.1) is 0 Å². The summed E-state index contributed by atoms with van der Waals surface area (Å²) < 4.78 is 62.1. The molecule has 2 aliphatic rings. The number of aromatic nitrogens is 3. The van der Waals surface area contributed by atoms with Gasteiger partial charge in [0.05, 0.1) is 12.1 Å². The fraction of sp³-hybridized carbons (Fsp3) is 0.348. The van der Waals surface area contributed by atoms with Crippen molar-refractivity contribution < 1.29 is 25.4 Å². The van der Waals surface area contributed by atoms with Crippen LogP contribution in [-0.2, 0) is 17.7 Å². The number of hydrogen-bond donors (Lipinski definition) is 0. The molecule has 0 unspecified atom stereocenters. The monoisotopic (exact) mass is 444 g/mol. The minimum Gasteiger partial charge on any atom is -0.380 e. The van der Waals surface area contributed by atoms with Crippen molar-refractivity contribution in [2.75, 3.05) is 26.3 Å². The van der Waals surface area contributed by atoms with Gasteiger partial charge in [0.1, 0.15) is 17.9 Å². The predicted octanol–water partition coefficient (Wildman–Crippen LogP) is 3.84. The number of hydrogen-bond acceptors (Lipinski definition) is 4. The molecule has 32 heavy (non-hydrogen) atoms. The normalized spacial score (nSPS) is 19.2. The van der Waals surface area contributed by atoms with Gasteiger partial charge in [0.15, 0.2) is 0 Å². The van der Waals surface area contributed by atoms with E-state index in [9.17, 15) is 18.0 Å². The zero-order valence-corrected chi connectivity index (χ0v) is 17.0. The van der Waals surface area contributed by atoms with E-state index < -0.39 is 25.0 Å². The van der Waals surface area contributed by atoms with Gasteiger partial charge in [0.25, 0.3) is 5.91 Å². The van der Waals surface area contributed by atoms with E-state index in [-0.39, 0.29) is 37.5 Å². The molecule has 3 heterocycles. The number of amides is 1. The smallest absolute Gasteiger partial charge is 0.380 e. The van der Waals surface area contributed by atoms with E-state index >= 15 is 0 Å². The van der Waals surface area contributed by atoms with Gasteiger partial charge < -0.3 is 9.64 Å². The molecule has 1 saturated heterocycles. The van der Waals surface area contributed by atoms with Crippen LogP contribution < -0.4 is 0 Å². The van der Waals surface area contributed by atoms with E-state index in [0.29, 0.717) is 17.5 Å².